The highest BCUT2D eigenvalue weighted by molar-refractivity contribution is 5.25. The van der Waals surface area contributed by atoms with Gasteiger partial charge in [-0.05, 0) is 30.9 Å². The summed E-state index contributed by atoms with van der Waals surface area (Å²) in [4.78, 5) is 0. The van der Waals surface area contributed by atoms with Crippen molar-refractivity contribution in [2.45, 2.75) is 32.8 Å². The second kappa shape index (κ2) is 4.27. The van der Waals surface area contributed by atoms with Crippen LogP contribution >= 0.6 is 0 Å². The van der Waals surface area contributed by atoms with Crippen LogP contribution in [0.15, 0.2) is 24.3 Å². The van der Waals surface area contributed by atoms with Gasteiger partial charge in [0.1, 0.15) is 0 Å². The van der Waals surface area contributed by atoms with Crippen LogP contribution in [0.2, 0.25) is 0 Å². The van der Waals surface area contributed by atoms with Crippen molar-refractivity contribution >= 4 is 0 Å². The SMILES string of the molecule is CC[C@@H](O)Cc1ccccc1C. The predicted molar refractivity (Wildman–Crippen MR) is 51.2 cm³/mol. The van der Waals surface area contributed by atoms with Crippen molar-refractivity contribution in [3.8, 4) is 0 Å². The zero-order chi connectivity index (χ0) is 8.97. The van der Waals surface area contributed by atoms with Crippen molar-refractivity contribution in [3.05, 3.63) is 35.4 Å². The lowest BCUT2D eigenvalue weighted by molar-refractivity contribution is 0.170. The molecular formula is C11H16O. The molecule has 1 heteroatoms. The van der Waals surface area contributed by atoms with E-state index in [4.69, 9.17) is 0 Å². The van der Waals surface area contributed by atoms with Crippen LogP contribution in [0.3, 0.4) is 0 Å². The van der Waals surface area contributed by atoms with Crippen molar-refractivity contribution in [2.75, 3.05) is 0 Å². The number of hydrogen-bond acceptors (Lipinski definition) is 1. The Bertz CT molecular complexity index is 243. The molecule has 1 atom stereocenters. The monoisotopic (exact) mass is 164 g/mol. The second-order valence-corrected chi connectivity index (χ2v) is 3.19. The summed E-state index contributed by atoms with van der Waals surface area (Å²) in [6, 6.07) is 8.20. The van der Waals surface area contributed by atoms with Crippen molar-refractivity contribution < 1.29 is 5.11 Å². The van der Waals surface area contributed by atoms with Gasteiger partial charge in [0, 0.05) is 0 Å². The molecule has 1 aromatic carbocycles. The van der Waals surface area contributed by atoms with Crippen molar-refractivity contribution in [1.82, 2.24) is 0 Å². The molecule has 0 saturated heterocycles. The van der Waals surface area contributed by atoms with Crippen LogP contribution in [-0.4, -0.2) is 11.2 Å². The fourth-order valence-electron chi connectivity index (χ4n) is 1.24. The van der Waals surface area contributed by atoms with E-state index >= 15 is 0 Å². The third-order valence-corrected chi connectivity index (χ3v) is 2.19. The number of hydrogen-bond donors (Lipinski definition) is 1. The van der Waals surface area contributed by atoms with Gasteiger partial charge in [0.25, 0.3) is 0 Å². The Kier molecular flexibility index (Phi) is 3.30. The highest BCUT2D eigenvalue weighted by Gasteiger charge is 2.03. The van der Waals surface area contributed by atoms with Gasteiger partial charge in [0.15, 0.2) is 0 Å². The maximum absolute atomic E-state index is 9.44. The summed E-state index contributed by atoms with van der Waals surface area (Å²) in [6.45, 7) is 4.08. The van der Waals surface area contributed by atoms with E-state index in [9.17, 15) is 5.11 Å². The van der Waals surface area contributed by atoms with E-state index in [1.807, 2.05) is 19.1 Å². The molecule has 0 aromatic heterocycles. The first-order chi connectivity index (χ1) is 5.74. The molecule has 1 aromatic rings. The summed E-state index contributed by atoms with van der Waals surface area (Å²) < 4.78 is 0. The van der Waals surface area contributed by atoms with E-state index in [1.54, 1.807) is 0 Å². The van der Waals surface area contributed by atoms with E-state index in [-0.39, 0.29) is 6.10 Å². The van der Waals surface area contributed by atoms with Crippen molar-refractivity contribution in [3.63, 3.8) is 0 Å². The molecule has 1 N–H and O–H groups in total. The van der Waals surface area contributed by atoms with Crippen molar-refractivity contribution in [1.29, 1.82) is 0 Å². The number of aliphatic hydroxyl groups excluding tert-OH is 1. The fourth-order valence-corrected chi connectivity index (χ4v) is 1.24. The molecule has 0 spiro atoms. The first-order valence-corrected chi connectivity index (χ1v) is 4.46. The molecular weight excluding hydrogens is 148 g/mol. The lowest BCUT2D eigenvalue weighted by Gasteiger charge is -2.09. The van der Waals surface area contributed by atoms with Gasteiger partial charge in [0.2, 0.25) is 0 Å². The fraction of sp³-hybridized carbons (Fsp3) is 0.455. The highest BCUT2D eigenvalue weighted by Crippen LogP contribution is 2.10. The molecule has 0 aliphatic heterocycles. The molecule has 0 bridgehead atoms. The molecule has 0 fully saturated rings. The maximum Gasteiger partial charge on any atom is 0.0578 e. The molecule has 1 rings (SSSR count). The molecule has 0 amide bonds. The number of benzene rings is 1. The van der Waals surface area contributed by atoms with Gasteiger partial charge in [-0.3, -0.25) is 0 Å². The van der Waals surface area contributed by atoms with Crippen molar-refractivity contribution in [2.24, 2.45) is 0 Å². The van der Waals surface area contributed by atoms with Gasteiger partial charge < -0.3 is 5.11 Å². The summed E-state index contributed by atoms with van der Waals surface area (Å²) in [5.74, 6) is 0. The average molecular weight is 164 g/mol. The third-order valence-electron chi connectivity index (χ3n) is 2.19. The van der Waals surface area contributed by atoms with Gasteiger partial charge >= 0.3 is 0 Å². The first kappa shape index (κ1) is 9.27. The van der Waals surface area contributed by atoms with Gasteiger partial charge in [-0.15, -0.1) is 0 Å². The molecule has 0 aliphatic carbocycles. The van der Waals surface area contributed by atoms with Gasteiger partial charge in [-0.1, -0.05) is 31.2 Å². The van der Waals surface area contributed by atoms with E-state index in [2.05, 4.69) is 19.1 Å². The lowest BCUT2D eigenvalue weighted by atomic mass is 10.0. The molecule has 0 unspecified atom stereocenters. The Morgan fingerprint density at radius 1 is 1.33 bits per heavy atom. The molecule has 0 saturated carbocycles. The predicted octanol–water partition coefficient (Wildman–Crippen LogP) is 2.31. The number of aryl methyl sites for hydroxylation is 1. The quantitative estimate of drug-likeness (QED) is 0.726. The molecule has 0 heterocycles. The topological polar surface area (TPSA) is 20.2 Å². The van der Waals surface area contributed by atoms with Gasteiger partial charge in [-0.2, -0.15) is 0 Å². The number of rotatable bonds is 3. The lowest BCUT2D eigenvalue weighted by Crippen LogP contribution is -2.09. The summed E-state index contributed by atoms with van der Waals surface area (Å²) >= 11 is 0. The van der Waals surface area contributed by atoms with Crippen LogP contribution in [-0.2, 0) is 6.42 Å². The largest absolute Gasteiger partial charge is 0.393 e. The normalized spacial score (nSPS) is 12.9. The zero-order valence-corrected chi connectivity index (χ0v) is 7.75. The van der Waals surface area contributed by atoms with E-state index in [0.29, 0.717) is 0 Å². The van der Waals surface area contributed by atoms with Crippen LogP contribution in [0.1, 0.15) is 24.5 Å². The maximum atomic E-state index is 9.44. The Hall–Kier alpha value is -0.820. The standard InChI is InChI=1S/C11H16O/c1-3-11(12)8-10-7-5-4-6-9(10)2/h4-7,11-12H,3,8H2,1-2H3/t11-/m1/s1. The van der Waals surface area contributed by atoms with Crippen LogP contribution in [0.25, 0.3) is 0 Å². The van der Waals surface area contributed by atoms with Gasteiger partial charge in [-0.25, -0.2) is 0 Å². The smallest absolute Gasteiger partial charge is 0.0578 e. The molecule has 0 aliphatic rings. The summed E-state index contributed by atoms with van der Waals surface area (Å²) in [7, 11) is 0. The van der Waals surface area contributed by atoms with E-state index < -0.39 is 0 Å². The minimum atomic E-state index is -0.189. The number of aliphatic hydroxyl groups is 1. The molecule has 66 valence electrons. The molecule has 1 nitrogen and oxygen atoms in total. The average Bonchev–Trinajstić information content (AvgIpc) is 2.09. The highest BCUT2D eigenvalue weighted by atomic mass is 16.3. The van der Waals surface area contributed by atoms with E-state index in [0.717, 1.165) is 12.8 Å². The zero-order valence-electron chi connectivity index (χ0n) is 7.75. The van der Waals surface area contributed by atoms with Crippen LogP contribution < -0.4 is 0 Å². The Morgan fingerprint density at radius 3 is 2.58 bits per heavy atom. The van der Waals surface area contributed by atoms with E-state index in [1.165, 1.54) is 11.1 Å². The second-order valence-electron chi connectivity index (χ2n) is 3.19. The summed E-state index contributed by atoms with van der Waals surface area (Å²) in [5, 5.41) is 9.44. The van der Waals surface area contributed by atoms with Crippen LogP contribution in [0.5, 0.6) is 0 Å². The minimum Gasteiger partial charge on any atom is -0.393 e. The summed E-state index contributed by atoms with van der Waals surface area (Å²) in [5.41, 5.74) is 2.52. The first-order valence-electron chi connectivity index (χ1n) is 4.46. The summed E-state index contributed by atoms with van der Waals surface area (Å²) in [6.07, 6.45) is 1.42. The third kappa shape index (κ3) is 2.35. The Morgan fingerprint density at radius 2 is 2.00 bits per heavy atom. The van der Waals surface area contributed by atoms with Gasteiger partial charge in [0.05, 0.1) is 6.10 Å². The molecule has 12 heavy (non-hydrogen) atoms. The van der Waals surface area contributed by atoms with Crippen LogP contribution in [0.4, 0.5) is 0 Å². The minimum absolute atomic E-state index is 0.189. The molecule has 0 radical (unpaired) electrons. The Labute approximate surface area is 74.1 Å². The Balaban J connectivity index is 2.69. The van der Waals surface area contributed by atoms with Crippen LogP contribution in [0, 0.1) is 6.92 Å².